The minimum Gasteiger partial charge on any atom is -0.376 e. The molecule has 0 saturated heterocycles. The van der Waals surface area contributed by atoms with Crippen LogP contribution in [-0.2, 0) is 17.8 Å². The van der Waals surface area contributed by atoms with Gasteiger partial charge in [-0.3, -0.25) is 0 Å². The third kappa shape index (κ3) is 2.32. The maximum atomic E-state index is 13.6. The van der Waals surface area contributed by atoms with Gasteiger partial charge in [-0.25, -0.2) is 18.7 Å². The van der Waals surface area contributed by atoms with Gasteiger partial charge in [-0.1, -0.05) is 11.6 Å². The Morgan fingerprint density at radius 1 is 1.25 bits per heavy atom. The highest BCUT2D eigenvalue weighted by Gasteiger charge is 2.20. The molecule has 0 fully saturated rings. The molecule has 1 aromatic heterocycles. The summed E-state index contributed by atoms with van der Waals surface area (Å²) in [6.07, 6.45) is 0.617. The molecule has 0 saturated carbocycles. The molecule has 0 spiro atoms. The first-order chi connectivity index (χ1) is 9.58. The maximum Gasteiger partial charge on any atom is 0.173 e. The van der Waals surface area contributed by atoms with Crippen LogP contribution in [0.2, 0.25) is 5.15 Å². The summed E-state index contributed by atoms with van der Waals surface area (Å²) >= 11 is 9.13. The molecule has 3 rings (SSSR count). The van der Waals surface area contributed by atoms with Crippen LogP contribution in [0.5, 0.6) is 0 Å². The first kappa shape index (κ1) is 13.9. The van der Waals surface area contributed by atoms with Crippen LogP contribution in [0.1, 0.15) is 11.3 Å². The second kappa shape index (κ2) is 5.35. The van der Waals surface area contributed by atoms with Crippen molar-refractivity contribution in [1.29, 1.82) is 0 Å². The predicted octanol–water partition coefficient (Wildman–Crippen LogP) is 3.91. The lowest BCUT2D eigenvalue weighted by molar-refractivity contribution is 0.109. The third-order valence-corrected chi connectivity index (χ3v) is 4.14. The van der Waals surface area contributed by atoms with E-state index in [0.717, 1.165) is 17.3 Å². The van der Waals surface area contributed by atoms with Crippen LogP contribution in [-0.4, -0.2) is 16.6 Å². The Morgan fingerprint density at radius 3 is 2.85 bits per heavy atom. The molecule has 0 aliphatic carbocycles. The fourth-order valence-corrected chi connectivity index (χ4v) is 2.75. The molecule has 0 bridgehead atoms. The van der Waals surface area contributed by atoms with E-state index in [1.54, 1.807) is 0 Å². The van der Waals surface area contributed by atoms with E-state index in [0.29, 0.717) is 25.2 Å². The average molecular weight is 362 g/mol. The van der Waals surface area contributed by atoms with Crippen molar-refractivity contribution in [3.05, 3.63) is 44.7 Å². The molecule has 3 nitrogen and oxygen atoms in total. The van der Waals surface area contributed by atoms with Crippen LogP contribution in [0.25, 0.3) is 11.4 Å². The van der Waals surface area contributed by atoms with Gasteiger partial charge in [0.1, 0.15) is 5.15 Å². The lowest BCUT2D eigenvalue weighted by Crippen LogP contribution is -2.14. The van der Waals surface area contributed by atoms with Gasteiger partial charge in [0.2, 0.25) is 0 Å². The topological polar surface area (TPSA) is 35.0 Å². The van der Waals surface area contributed by atoms with E-state index in [9.17, 15) is 8.78 Å². The number of benzene rings is 1. The lowest BCUT2D eigenvalue weighted by Gasteiger charge is -2.17. The Morgan fingerprint density at radius 2 is 2.05 bits per heavy atom. The number of aromatic nitrogens is 2. The van der Waals surface area contributed by atoms with E-state index in [2.05, 4.69) is 25.9 Å². The largest absolute Gasteiger partial charge is 0.376 e. The molecule has 20 heavy (non-hydrogen) atoms. The summed E-state index contributed by atoms with van der Waals surface area (Å²) in [5.41, 5.74) is 1.89. The van der Waals surface area contributed by atoms with Gasteiger partial charge in [0.05, 0.1) is 23.4 Å². The van der Waals surface area contributed by atoms with E-state index in [4.69, 9.17) is 16.3 Å². The Balaban J connectivity index is 2.16. The van der Waals surface area contributed by atoms with E-state index >= 15 is 0 Å². The molecule has 1 aliphatic rings. The normalized spacial score (nSPS) is 14.2. The fourth-order valence-electron chi connectivity index (χ4n) is 2.01. The van der Waals surface area contributed by atoms with Gasteiger partial charge in [-0.15, -0.1) is 0 Å². The minimum atomic E-state index is -0.969. The Bertz CT molecular complexity index is 697. The summed E-state index contributed by atoms with van der Waals surface area (Å²) in [4.78, 5) is 8.52. The molecule has 104 valence electrons. The molecule has 0 amide bonds. The van der Waals surface area contributed by atoms with Gasteiger partial charge in [0.25, 0.3) is 0 Å². The van der Waals surface area contributed by atoms with Crippen molar-refractivity contribution < 1.29 is 13.5 Å². The number of hydrogen-bond donors (Lipinski definition) is 0. The summed E-state index contributed by atoms with van der Waals surface area (Å²) in [7, 11) is 0. The Labute approximate surface area is 127 Å². The molecule has 0 N–H and O–H groups in total. The summed E-state index contributed by atoms with van der Waals surface area (Å²) in [6.45, 7) is 0.923. The lowest BCUT2D eigenvalue weighted by atomic mass is 10.1. The highest BCUT2D eigenvalue weighted by Crippen LogP contribution is 2.32. The van der Waals surface area contributed by atoms with Crippen LogP contribution in [0.15, 0.2) is 16.6 Å². The highest BCUT2D eigenvalue weighted by atomic mass is 79.9. The van der Waals surface area contributed by atoms with Crippen molar-refractivity contribution in [1.82, 2.24) is 9.97 Å². The molecule has 0 radical (unpaired) electrons. The number of rotatable bonds is 1. The third-order valence-electron chi connectivity index (χ3n) is 3.05. The predicted molar refractivity (Wildman–Crippen MR) is 73.5 cm³/mol. The molecular weight excluding hydrogens is 354 g/mol. The average Bonchev–Trinajstić information content (AvgIpc) is 2.45. The van der Waals surface area contributed by atoms with Crippen LogP contribution in [0.4, 0.5) is 8.78 Å². The molecule has 1 aliphatic heterocycles. The molecule has 2 aromatic rings. The summed E-state index contributed by atoms with van der Waals surface area (Å²) in [6, 6.07) is 2.45. The number of nitrogens with zero attached hydrogens (tertiary/aromatic N) is 2. The first-order valence-corrected chi connectivity index (χ1v) is 7.02. The zero-order valence-corrected chi connectivity index (χ0v) is 12.4. The monoisotopic (exact) mass is 360 g/mol. The van der Waals surface area contributed by atoms with Gasteiger partial charge >= 0.3 is 0 Å². The SMILES string of the molecule is Fc1ccc(-c2nc(Cl)c3c(n2)CCOC3)c(Br)c1F. The van der Waals surface area contributed by atoms with Crippen molar-refractivity contribution >= 4 is 27.5 Å². The smallest absolute Gasteiger partial charge is 0.173 e. The molecular formula is C13H8BrClF2N2O. The van der Waals surface area contributed by atoms with Gasteiger partial charge in [-0.05, 0) is 28.1 Å². The summed E-state index contributed by atoms with van der Waals surface area (Å²) in [5, 5.41) is 0.279. The van der Waals surface area contributed by atoms with Crippen LogP contribution >= 0.6 is 27.5 Å². The Kier molecular flexibility index (Phi) is 3.70. The van der Waals surface area contributed by atoms with Crippen molar-refractivity contribution in [2.75, 3.05) is 6.61 Å². The molecule has 0 unspecified atom stereocenters. The van der Waals surface area contributed by atoms with Crippen LogP contribution in [0.3, 0.4) is 0 Å². The van der Waals surface area contributed by atoms with E-state index in [1.165, 1.54) is 6.07 Å². The zero-order chi connectivity index (χ0) is 14.3. The molecule has 1 aromatic carbocycles. The summed E-state index contributed by atoms with van der Waals surface area (Å²) < 4.78 is 32.0. The second-order valence-corrected chi connectivity index (χ2v) is 5.44. The Hall–Kier alpha value is -1.11. The van der Waals surface area contributed by atoms with Gasteiger partial charge < -0.3 is 4.74 Å². The van der Waals surface area contributed by atoms with Crippen LogP contribution in [0, 0.1) is 11.6 Å². The van der Waals surface area contributed by atoms with Crippen LogP contribution < -0.4 is 0 Å². The standard InChI is InChI=1S/C13H8BrClF2N2O/c14-10-6(1-2-8(16)11(10)17)13-18-9-3-4-20-5-7(9)12(15)19-13/h1-2H,3-5H2. The van der Waals surface area contributed by atoms with Crippen molar-refractivity contribution in [2.24, 2.45) is 0 Å². The van der Waals surface area contributed by atoms with Gasteiger partial charge in [-0.2, -0.15) is 0 Å². The molecule has 0 atom stereocenters. The zero-order valence-electron chi connectivity index (χ0n) is 10.1. The number of halogens is 4. The molecule has 7 heteroatoms. The fraction of sp³-hybridized carbons (Fsp3) is 0.231. The maximum absolute atomic E-state index is 13.6. The first-order valence-electron chi connectivity index (χ1n) is 5.85. The van der Waals surface area contributed by atoms with Crippen molar-refractivity contribution in [2.45, 2.75) is 13.0 Å². The quantitative estimate of drug-likeness (QED) is 0.570. The molecule has 2 heterocycles. The highest BCUT2D eigenvalue weighted by molar-refractivity contribution is 9.10. The van der Waals surface area contributed by atoms with Crippen molar-refractivity contribution in [3.8, 4) is 11.4 Å². The minimum absolute atomic E-state index is 0.0134. The number of hydrogen-bond acceptors (Lipinski definition) is 3. The van der Waals surface area contributed by atoms with E-state index < -0.39 is 11.6 Å². The van der Waals surface area contributed by atoms with Crippen molar-refractivity contribution in [3.63, 3.8) is 0 Å². The number of ether oxygens (including phenoxy) is 1. The summed E-state index contributed by atoms with van der Waals surface area (Å²) in [5.74, 6) is -1.64. The van der Waals surface area contributed by atoms with Gasteiger partial charge in [0.15, 0.2) is 17.5 Å². The van der Waals surface area contributed by atoms with Gasteiger partial charge in [0, 0.05) is 17.5 Å². The second-order valence-electron chi connectivity index (χ2n) is 4.29. The van der Waals surface area contributed by atoms with E-state index in [1.807, 2.05) is 0 Å². The van der Waals surface area contributed by atoms with E-state index in [-0.39, 0.29) is 15.5 Å². The number of fused-ring (bicyclic) bond motifs is 1.